The van der Waals surface area contributed by atoms with Gasteiger partial charge in [-0.2, -0.15) is 5.10 Å². The molecule has 2 aromatic rings. The zero-order valence-electron chi connectivity index (χ0n) is 12.8. The molecule has 0 aliphatic heterocycles. The van der Waals surface area contributed by atoms with Gasteiger partial charge in [-0.3, -0.25) is 5.43 Å². The van der Waals surface area contributed by atoms with Crippen molar-refractivity contribution in [3.63, 3.8) is 0 Å². The Kier molecular flexibility index (Phi) is 5.60. The van der Waals surface area contributed by atoms with E-state index in [-0.39, 0.29) is 11.7 Å². The van der Waals surface area contributed by atoms with E-state index < -0.39 is 5.97 Å². The summed E-state index contributed by atoms with van der Waals surface area (Å²) < 4.78 is 5.56. The molecule has 0 aliphatic rings. The highest BCUT2D eigenvalue weighted by molar-refractivity contribution is 6.32. The molecule has 0 heterocycles. The monoisotopic (exact) mass is 332 g/mol. The highest BCUT2D eigenvalue weighted by Crippen LogP contribution is 2.25. The number of aromatic carboxylic acids is 1. The number of hydrogen-bond donors (Lipinski definition) is 2. The van der Waals surface area contributed by atoms with E-state index >= 15 is 0 Å². The van der Waals surface area contributed by atoms with E-state index in [0.717, 1.165) is 5.56 Å². The van der Waals surface area contributed by atoms with Gasteiger partial charge in [0.2, 0.25) is 0 Å². The van der Waals surface area contributed by atoms with E-state index in [0.29, 0.717) is 16.5 Å². The minimum absolute atomic E-state index is 0.0578. The first-order valence-corrected chi connectivity index (χ1v) is 7.42. The summed E-state index contributed by atoms with van der Waals surface area (Å²) in [6, 6.07) is 11.7. The first-order chi connectivity index (χ1) is 11.0. The molecule has 0 atom stereocenters. The van der Waals surface area contributed by atoms with Gasteiger partial charge >= 0.3 is 5.97 Å². The lowest BCUT2D eigenvalue weighted by Crippen LogP contribution is -2.05. The number of anilines is 1. The summed E-state index contributed by atoms with van der Waals surface area (Å²) >= 11 is 6.15. The third kappa shape index (κ3) is 5.00. The average molecular weight is 333 g/mol. The largest absolute Gasteiger partial charge is 0.489 e. The lowest BCUT2D eigenvalue weighted by atomic mass is 10.2. The maximum absolute atomic E-state index is 10.8. The molecule has 2 aromatic carbocycles. The quantitative estimate of drug-likeness (QED) is 0.612. The number of rotatable bonds is 6. The second-order valence-electron chi connectivity index (χ2n) is 5.11. The van der Waals surface area contributed by atoms with E-state index in [1.807, 2.05) is 19.9 Å². The summed E-state index contributed by atoms with van der Waals surface area (Å²) in [5, 5.41) is 13.4. The Hall–Kier alpha value is -2.53. The van der Waals surface area contributed by atoms with Crippen molar-refractivity contribution in [3.05, 3.63) is 58.6 Å². The highest BCUT2D eigenvalue weighted by Gasteiger charge is 2.04. The molecule has 0 aliphatic carbocycles. The van der Waals surface area contributed by atoms with Crippen LogP contribution in [0.2, 0.25) is 5.02 Å². The molecule has 0 unspecified atom stereocenters. The molecule has 0 bridgehead atoms. The van der Waals surface area contributed by atoms with Crippen LogP contribution in [0.3, 0.4) is 0 Å². The Morgan fingerprint density at radius 2 is 1.96 bits per heavy atom. The van der Waals surface area contributed by atoms with Crippen LogP contribution >= 0.6 is 11.6 Å². The van der Waals surface area contributed by atoms with Gasteiger partial charge in [0.15, 0.2) is 0 Å². The Labute approximate surface area is 139 Å². The van der Waals surface area contributed by atoms with Crippen molar-refractivity contribution in [3.8, 4) is 5.75 Å². The summed E-state index contributed by atoms with van der Waals surface area (Å²) in [6.45, 7) is 3.87. The van der Waals surface area contributed by atoms with Crippen LogP contribution in [0.5, 0.6) is 5.75 Å². The summed E-state index contributed by atoms with van der Waals surface area (Å²) in [4.78, 5) is 10.8. The SMILES string of the molecule is CC(C)Oc1ccc(C=NNc2ccc(C(=O)O)cc2)cc1Cl. The fraction of sp³-hybridized carbons (Fsp3) is 0.176. The smallest absolute Gasteiger partial charge is 0.335 e. The first kappa shape index (κ1) is 16.8. The number of carbonyl (C=O) groups is 1. The van der Waals surface area contributed by atoms with Gasteiger partial charge in [-0.1, -0.05) is 11.6 Å². The fourth-order valence-electron chi connectivity index (χ4n) is 1.82. The fourth-order valence-corrected chi connectivity index (χ4v) is 2.05. The molecule has 0 radical (unpaired) electrons. The molecule has 0 amide bonds. The van der Waals surface area contributed by atoms with E-state index in [1.165, 1.54) is 12.1 Å². The van der Waals surface area contributed by atoms with Crippen LogP contribution in [0.15, 0.2) is 47.6 Å². The number of halogens is 1. The Bertz CT molecular complexity index is 712. The van der Waals surface area contributed by atoms with E-state index in [2.05, 4.69) is 10.5 Å². The maximum Gasteiger partial charge on any atom is 0.335 e. The van der Waals surface area contributed by atoms with Crippen molar-refractivity contribution in [2.45, 2.75) is 20.0 Å². The second kappa shape index (κ2) is 7.65. The minimum Gasteiger partial charge on any atom is -0.489 e. The third-order valence-corrected chi connectivity index (χ3v) is 3.15. The maximum atomic E-state index is 10.8. The van der Waals surface area contributed by atoms with Gasteiger partial charge in [0.05, 0.1) is 28.6 Å². The van der Waals surface area contributed by atoms with Crippen LogP contribution in [-0.4, -0.2) is 23.4 Å². The molecule has 0 fully saturated rings. The summed E-state index contributed by atoms with van der Waals surface area (Å²) in [6.07, 6.45) is 1.68. The van der Waals surface area contributed by atoms with Crippen LogP contribution in [-0.2, 0) is 0 Å². The summed E-state index contributed by atoms with van der Waals surface area (Å²) in [5.41, 5.74) is 4.57. The Morgan fingerprint density at radius 3 is 2.52 bits per heavy atom. The lowest BCUT2D eigenvalue weighted by molar-refractivity contribution is 0.0697. The molecule has 5 nitrogen and oxygen atoms in total. The number of carboxylic acid groups (broad SMARTS) is 1. The molecule has 2 N–H and O–H groups in total. The molecule has 2 rings (SSSR count). The van der Waals surface area contributed by atoms with Crippen molar-refractivity contribution in [1.82, 2.24) is 0 Å². The van der Waals surface area contributed by atoms with Crippen LogP contribution < -0.4 is 10.2 Å². The highest BCUT2D eigenvalue weighted by atomic mass is 35.5. The van der Waals surface area contributed by atoms with Crippen LogP contribution in [0.1, 0.15) is 29.8 Å². The molecule has 0 saturated heterocycles. The van der Waals surface area contributed by atoms with Crippen LogP contribution in [0, 0.1) is 0 Å². The standard InChI is InChI=1S/C17H17ClN2O3/c1-11(2)23-16-8-3-12(9-15(16)18)10-19-20-14-6-4-13(5-7-14)17(21)22/h3-11,20H,1-2H3,(H,21,22). The van der Waals surface area contributed by atoms with Gasteiger partial charge in [-0.15, -0.1) is 0 Å². The number of nitrogens with zero attached hydrogens (tertiary/aromatic N) is 1. The van der Waals surface area contributed by atoms with Gasteiger partial charge in [0.25, 0.3) is 0 Å². The number of ether oxygens (including phenoxy) is 1. The number of hydrogen-bond acceptors (Lipinski definition) is 4. The zero-order valence-corrected chi connectivity index (χ0v) is 13.5. The Balaban J connectivity index is 2.00. The van der Waals surface area contributed by atoms with Crippen molar-refractivity contribution >= 4 is 29.5 Å². The molecule has 23 heavy (non-hydrogen) atoms. The van der Waals surface area contributed by atoms with Crippen molar-refractivity contribution in [2.75, 3.05) is 5.43 Å². The van der Waals surface area contributed by atoms with Gasteiger partial charge in [0, 0.05) is 0 Å². The normalized spacial score (nSPS) is 11.0. The van der Waals surface area contributed by atoms with Gasteiger partial charge in [-0.05, 0) is 61.9 Å². The van der Waals surface area contributed by atoms with Gasteiger partial charge in [0.1, 0.15) is 5.75 Å². The second-order valence-corrected chi connectivity index (χ2v) is 5.52. The molecule has 0 aromatic heterocycles. The molecule has 0 saturated carbocycles. The molecule has 6 heteroatoms. The van der Waals surface area contributed by atoms with E-state index in [1.54, 1.807) is 30.5 Å². The number of carboxylic acids is 1. The Morgan fingerprint density at radius 1 is 1.26 bits per heavy atom. The average Bonchev–Trinajstić information content (AvgIpc) is 2.50. The van der Waals surface area contributed by atoms with Crippen LogP contribution in [0.25, 0.3) is 0 Å². The third-order valence-electron chi connectivity index (χ3n) is 2.86. The zero-order chi connectivity index (χ0) is 16.8. The van der Waals surface area contributed by atoms with Crippen LogP contribution in [0.4, 0.5) is 5.69 Å². The predicted molar refractivity (Wildman–Crippen MR) is 91.8 cm³/mol. The van der Waals surface area contributed by atoms with Crippen molar-refractivity contribution in [1.29, 1.82) is 0 Å². The molecular formula is C17H17ClN2O3. The number of nitrogens with one attached hydrogen (secondary N) is 1. The van der Waals surface area contributed by atoms with Gasteiger partial charge < -0.3 is 9.84 Å². The number of benzene rings is 2. The molecule has 120 valence electrons. The minimum atomic E-state index is -0.960. The van der Waals surface area contributed by atoms with E-state index in [4.69, 9.17) is 21.4 Å². The van der Waals surface area contributed by atoms with E-state index in [9.17, 15) is 4.79 Å². The number of hydrazone groups is 1. The molecule has 0 spiro atoms. The first-order valence-electron chi connectivity index (χ1n) is 7.04. The lowest BCUT2D eigenvalue weighted by Gasteiger charge is -2.11. The van der Waals surface area contributed by atoms with Gasteiger partial charge in [-0.25, -0.2) is 4.79 Å². The van der Waals surface area contributed by atoms with Crippen molar-refractivity contribution < 1.29 is 14.6 Å². The topological polar surface area (TPSA) is 70.9 Å². The summed E-state index contributed by atoms with van der Waals surface area (Å²) in [7, 11) is 0. The molecular weight excluding hydrogens is 316 g/mol. The van der Waals surface area contributed by atoms with Crippen molar-refractivity contribution in [2.24, 2.45) is 5.10 Å². The predicted octanol–water partition coefficient (Wildman–Crippen LogP) is 4.27. The summed E-state index contributed by atoms with van der Waals surface area (Å²) in [5.74, 6) is -0.325.